The van der Waals surface area contributed by atoms with Gasteiger partial charge in [0.15, 0.2) is 0 Å². The van der Waals surface area contributed by atoms with E-state index in [2.05, 4.69) is 32.8 Å². The summed E-state index contributed by atoms with van der Waals surface area (Å²) in [6.45, 7) is 5.52. The molecule has 0 spiro atoms. The van der Waals surface area contributed by atoms with Crippen LogP contribution in [0.2, 0.25) is 0 Å². The maximum atomic E-state index is 13.2. The van der Waals surface area contributed by atoms with Gasteiger partial charge in [0, 0.05) is 37.2 Å². The van der Waals surface area contributed by atoms with Crippen LogP contribution in [0.3, 0.4) is 0 Å². The molecule has 1 fully saturated rings. The van der Waals surface area contributed by atoms with Gasteiger partial charge in [-0.05, 0) is 37.2 Å². The molecule has 0 radical (unpaired) electrons. The van der Waals surface area contributed by atoms with E-state index in [9.17, 15) is 4.39 Å². The lowest BCUT2D eigenvalue weighted by Crippen LogP contribution is -2.45. The Morgan fingerprint density at radius 1 is 1.18 bits per heavy atom. The van der Waals surface area contributed by atoms with Crippen molar-refractivity contribution in [2.24, 2.45) is 0 Å². The van der Waals surface area contributed by atoms with Crippen molar-refractivity contribution in [3.8, 4) is 0 Å². The Labute approximate surface area is 111 Å². The average molecular weight is 301 g/mol. The van der Waals surface area contributed by atoms with Crippen LogP contribution in [0.4, 0.5) is 4.39 Å². The van der Waals surface area contributed by atoms with Crippen LogP contribution >= 0.6 is 15.9 Å². The van der Waals surface area contributed by atoms with Gasteiger partial charge in [-0.3, -0.25) is 0 Å². The van der Waals surface area contributed by atoms with E-state index < -0.39 is 0 Å². The topological polar surface area (TPSA) is 6.48 Å². The molecule has 2 nitrogen and oxygen atoms in total. The molecule has 0 aliphatic carbocycles. The number of hydrogen-bond donors (Lipinski definition) is 0. The minimum atomic E-state index is -0.159. The summed E-state index contributed by atoms with van der Waals surface area (Å²) in [5, 5.41) is 0. The molecule has 0 atom stereocenters. The predicted molar refractivity (Wildman–Crippen MR) is 71.7 cm³/mol. The Hall–Kier alpha value is -0.450. The van der Waals surface area contributed by atoms with Crippen LogP contribution in [0.1, 0.15) is 5.56 Å². The lowest BCUT2D eigenvalue weighted by Gasteiger charge is -2.32. The standard InChI is InChI=1S/C13H18BrFN2/c1-16-4-6-17(7-5-16)3-2-11-8-12(14)10-13(15)9-11/h8-10H,2-7H2,1H3. The molecule has 2 rings (SSSR count). The zero-order valence-corrected chi connectivity index (χ0v) is 11.7. The van der Waals surface area contributed by atoms with Crippen molar-refractivity contribution in [1.29, 1.82) is 0 Å². The van der Waals surface area contributed by atoms with Crippen LogP contribution in [-0.2, 0) is 6.42 Å². The molecule has 17 heavy (non-hydrogen) atoms. The summed E-state index contributed by atoms with van der Waals surface area (Å²) in [6, 6.07) is 5.12. The zero-order valence-electron chi connectivity index (χ0n) is 10.1. The Balaban J connectivity index is 1.85. The summed E-state index contributed by atoms with van der Waals surface area (Å²) < 4.78 is 14.0. The van der Waals surface area contributed by atoms with Crippen molar-refractivity contribution in [3.63, 3.8) is 0 Å². The van der Waals surface area contributed by atoms with Gasteiger partial charge >= 0.3 is 0 Å². The molecule has 1 saturated heterocycles. The first kappa shape index (κ1) is 13.0. The Kier molecular flexibility index (Phi) is 4.54. The molecule has 0 bridgehead atoms. The summed E-state index contributed by atoms with van der Waals surface area (Å²) in [5.74, 6) is -0.159. The first-order chi connectivity index (χ1) is 8.13. The Bertz CT molecular complexity index is 355. The number of benzene rings is 1. The van der Waals surface area contributed by atoms with Gasteiger partial charge in [0.05, 0.1) is 0 Å². The molecule has 0 aromatic heterocycles. The fourth-order valence-electron chi connectivity index (χ4n) is 2.11. The SMILES string of the molecule is CN1CCN(CCc2cc(F)cc(Br)c2)CC1. The maximum absolute atomic E-state index is 13.2. The highest BCUT2D eigenvalue weighted by atomic mass is 79.9. The molecule has 1 aromatic rings. The second-order valence-corrected chi connectivity index (χ2v) is 5.59. The smallest absolute Gasteiger partial charge is 0.124 e. The summed E-state index contributed by atoms with van der Waals surface area (Å²) in [5.41, 5.74) is 1.07. The van der Waals surface area contributed by atoms with Gasteiger partial charge in [0.2, 0.25) is 0 Å². The lowest BCUT2D eigenvalue weighted by atomic mass is 10.1. The Morgan fingerprint density at radius 3 is 2.53 bits per heavy atom. The fourth-order valence-corrected chi connectivity index (χ4v) is 2.63. The highest BCUT2D eigenvalue weighted by molar-refractivity contribution is 9.10. The van der Waals surface area contributed by atoms with E-state index in [0.717, 1.165) is 49.2 Å². The summed E-state index contributed by atoms with van der Waals surface area (Å²) in [7, 11) is 2.15. The third kappa shape index (κ3) is 4.05. The number of halogens is 2. The monoisotopic (exact) mass is 300 g/mol. The first-order valence-electron chi connectivity index (χ1n) is 5.99. The number of likely N-dealkylation sites (N-methyl/N-ethyl adjacent to an activating group) is 1. The maximum Gasteiger partial charge on any atom is 0.124 e. The van der Waals surface area contributed by atoms with Crippen molar-refractivity contribution in [3.05, 3.63) is 34.1 Å². The molecule has 0 unspecified atom stereocenters. The third-order valence-corrected chi connectivity index (χ3v) is 3.69. The van der Waals surface area contributed by atoms with Crippen LogP contribution < -0.4 is 0 Å². The largest absolute Gasteiger partial charge is 0.304 e. The average Bonchev–Trinajstić information content (AvgIpc) is 2.27. The van der Waals surface area contributed by atoms with Gasteiger partial charge < -0.3 is 9.80 Å². The molecule has 0 amide bonds. The molecule has 4 heteroatoms. The number of rotatable bonds is 3. The normalized spacial score (nSPS) is 18.5. The number of nitrogens with zero attached hydrogens (tertiary/aromatic N) is 2. The zero-order chi connectivity index (χ0) is 12.3. The first-order valence-corrected chi connectivity index (χ1v) is 6.78. The van der Waals surface area contributed by atoms with Crippen molar-refractivity contribution in [2.75, 3.05) is 39.8 Å². The molecule has 1 aromatic carbocycles. The van der Waals surface area contributed by atoms with Gasteiger partial charge in [-0.25, -0.2) is 4.39 Å². The number of hydrogen-bond acceptors (Lipinski definition) is 2. The van der Waals surface area contributed by atoms with Crippen LogP contribution in [0, 0.1) is 5.82 Å². The lowest BCUT2D eigenvalue weighted by molar-refractivity contribution is 0.155. The van der Waals surface area contributed by atoms with Gasteiger partial charge in [0.25, 0.3) is 0 Å². The van der Waals surface area contributed by atoms with E-state index in [1.807, 2.05) is 6.07 Å². The van der Waals surface area contributed by atoms with Crippen molar-refractivity contribution < 1.29 is 4.39 Å². The van der Waals surface area contributed by atoms with Gasteiger partial charge in [0.1, 0.15) is 5.82 Å². The van der Waals surface area contributed by atoms with Gasteiger partial charge in [-0.15, -0.1) is 0 Å². The molecule has 0 N–H and O–H groups in total. The molecule has 0 saturated carbocycles. The van der Waals surface area contributed by atoms with E-state index in [0.29, 0.717) is 0 Å². The van der Waals surface area contributed by atoms with E-state index in [1.54, 1.807) is 6.07 Å². The second kappa shape index (κ2) is 5.94. The van der Waals surface area contributed by atoms with Crippen molar-refractivity contribution in [2.45, 2.75) is 6.42 Å². The second-order valence-electron chi connectivity index (χ2n) is 4.67. The molecule has 1 heterocycles. The summed E-state index contributed by atoms with van der Waals surface area (Å²) in [6.07, 6.45) is 0.917. The molecular weight excluding hydrogens is 283 g/mol. The van der Waals surface area contributed by atoms with Crippen LogP contribution in [-0.4, -0.2) is 49.6 Å². The highest BCUT2D eigenvalue weighted by Gasteiger charge is 2.13. The molecule has 94 valence electrons. The van der Waals surface area contributed by atoms with Gasteiger partial charge in [-0.1, -0.05) is 15.9 Å². The minimum absolute atomic E-state index is 0.159. The summed E-state index contributed by atoms with van der Waals surface area (Å²) >= 11 is 3.33. The molecule has 1 aliphatic rings. The van der Waals surface area contributed by atoms with E-state index in [1.165, 1.54) is 6.07 Å². The minimum Gasteiger partial charge on any atom is -0.304 e. The van der Waals surface area contributed by atoms with Crippen molar-refractivity contribution in [1.82, 2.24) is 9.80 Å². The molecule has 1 aliphatic heterocycles. The quantitative estimate of drug-likeness (QED) is 0.846. The van der Waals surface area contributed by atoms with Crippen LogP contribution in [0.15, 0.2) is 22.7 Å². The van der Waals surface area contributed by atoms with Crippen LogP contribution in [0.5, 0.6) is 0 Å². The molecular formula is C13H18BrFN2. The Morgan fingerprint density at radius 2 is 1.88 bits per heavy atom. The third-order valence-electron chi connectivity index (χ3n) is 3.23. The summed E-state index contributed by atoms with van der Waals surface area (Å²) in [4.78, 5) is 4.79. The van der Waals surface area contributed by atoms with E-state index >= 15 is 0 Å². The fraction of sp³-hybridized carbons (Fsp3) is 0.538. The van der Waals surface area contributed by atoms with Gasteiger partial charge in [-0.2, -0.15) is 0 Å². The van der Waals surface area contributed by atoms with Crippen LogP contribution in [0.25, 0.3) is 0 Å². The number of piperazine rings is 1. The van der Waals surface area contributed by atoms with E-state index in [4.69, 9.17) is 0 Å². The van der Waals surface area contributed by atoms with E-state index in [-0.39, 0.29) is 5.82 Å². The highest BCUT2D eigenvalue weighted by Crippen LogP contribution is 2.15. The van der Waals surface area contributed by atoms with Crippen molar-refractivity contribution >= 4 is 15.9 Å². The predicted octanol–water partition coefficient (Wildman–Crippen LogP) is 2.38.